The Kier molecular flexibility index (Phi) is 4.51. The van der Waals surface area contributed by atoms with Gasteiger partial charge in [-0.2, -0.15) is 5.10 Å². The molecule has 1 aromatic heterocycles. The van der Waals surface area contributed by atoms with Crippen LogP contribution in [0.2, 0.25) is 0 Å². The van der Waals surface area contributed by atoms with Gasteiger partial charge in [0.2, 0.25) is 0 Å². The Morgan fingerprint density at radius 2 is 2.00 bits per heavy atom. The van der Waals surface area contributed by atoms with Crippen LogP contribution in [0.25, 0.3) is 5.69 Å². The number of carbonyl (C=O) groups is 1. The summed E-state index contributed by atoms with van der Waals surface area (Å²) in [4.78, 5) is 27.0. The number of amides is 1. The van der Waals surface area contributed by atoms with Crippen molar-refractivity contribution >= 4 is 11.6 Å². The van der Waals surface area contributed by atoms with E-state index in [9.17, 15) is 14.9 Å². The number of aromatic nitrogens is 3. The van der Waals surface area contributed by atoms with E-state index in [1.54, 1.807) is 0 Å². The number of hydrogen-bond acceptors (Lipinski definition) is 5. The molecule has 1 unspecified atom stereocenters. The van der Waals surface area contributed by atoms with Gasteiger partial charge in [0.15, 0.2) is 0 Å². The molecular weight excluding hydrogens is 322 g/mol. The van der Waals surface area contributed by atoms with E-state index in [1.165, 1.54) is 35.5 Å². The average Bonchev–Trinajstić information content (AvgIpc) is 3.16. The predicted molar refractivity (Wildman–Crippen MR) is 90.3 cm³/mol. The maximum Gasteiger partial charge on any atom is 0.295 e. The molecule has 0 fully saturated rings. The van der Waals surface area contributed by atoms with E-state index in [0.717, 1.165) is 5.56 Å². The second kappa shape index (κ2) is 6.91. The molecule has 0 aliphatic heterocycles. The van der Waals surface area contributed by atoms with Crippen LogP contribution in [0.15, 0.2) is 61.2 Å². The van der Waals surface area contributed by atoms with Crippen molar-refractivity contribution in [2.24, 2.45) is 0 Å². The van der Waals surface area contributed by atoms with Crippen LogP contribution in [0.1, 0.15) is 28.9 Å². The largest absolute Gasteiger partial charge is 0.346 e. The molecule has 1 N–H and O–H groups in total. The van der Waals surface area contributed by atoms with E-state index < -0.39 is 4.92 Å². The van der Waals surface area contributed by atoms with Crippen LogP contribution < -0.4 is 5.32 Å². The number of benzene rings is 2. The molecule has 0 aliphatic rings. The van der Waals surface area contributed by atoms with Gasteiger partial charge in [0.05, 0.1) is 11.0 Å². The van der Waals surface area contributed by atoms with Crippen molar-refractivity contribution in [2.75, 3.05) is 0 Å². The van der Waals surface area contributed by atoms with Crippen LogP contribution in [0.3, 0.4) is 0 Å². The second-order valence-electron chi connectivity index (χ2n) is 5.41. The third kappa shape index (κ3) is 3.52. The lowest BCUT2D eigenvalue weighted by molar-refractivity contribution is -0.384. The topological polar surface area (TPSA) is 103 Å². The summed E-state index contributed by atoms with van der Waals surface area (Å²) in [6.45, 7) is 1.85. The van der Waals surface area contributed by atoms with Crippen LogP contribution in [-0.2, 0) is 0 Å². The zero-order valence-corrected chi connectivity index (χ0v) is 13.4. The molecule has 25 heavy (non-hydrogen) atoms. The quantitative estimate of drug-likeness (QED) is 0.569. The van der Waals surface area contributed by atoms with Gasteiger partial charge in [-0.25, -0.2) is 9.67 Å². The first-order valence-corrected chi connectivity index (χ1v) is 7.55. The van der Waals surface area contributed by atoms with Crippen molar-refractivity contribution in [3.05, 3.63) is 82.4 Å². The highest BCUT2D eigenvalue weighted by Gasteiger charge is 2.20. The van der Waals surface area contributed by atoms with Crippen LogP contribution >= 0.6 is 0 Å². The molecule has 3 rings (SSSR count). The molecule has 8 nitrogen and oxygen atoms in total. The Morgan fingerprint density at radius 3 is 2.64 bits per heavy atom. The molecule has 2 aromatic carbocycles. The van der Waals surface area contributed by atoms with Gasteiger partial charge in [-0.1, -0.05) is 30.3 Å². The van der Waals surface area contributed by atoms with E-state index in [0.29, 0.717) is 0 Å². The monoisotopic (exact) mass is 337 g/mol. The van der Waals surface area contributed by atoms with E-state index in [4.69, 9.17) is 0 Å². The molecule has 1 heterocycles. The zero-order chi connectivity index (χ0) is 17.8. The minimum absolute atomic E-state index is 0.207. The van der Waals surface area contributed by atoms with Crippen LogP contribution in [0.5, 0.6) is 0 Å². The normalized spacial score (nSPS) is 11.7. The van der Waals surface area contributed by atoms with Crippen molar-refractivity contribution in [1.82, 2.24) is 20.1 Å². The number of carbonyl (C=O) groups excluding carboxylic acids is 1. The third-order valence-corrected chi connectivity index (χ3v) is 3.75. The number of nitro benzene ring substituents is 1. The summed E-state index contributed by atoms with van der Waals surface area (Å²) in [6.07, 6.45) is 2.64. The molecule has 1 amide bonds. The number of rotatable bonds is 5. The fourth-order valence-corrected chi connectivity index (χ4v) is 2.44. The maximum absolute atomic E-state index is 12.4. The van der Waals surface area contributed by atoms with E-state index in [-0.39, 0.29) is 28.9 Å². The SMILES string of the molecule is CC(NC(=O)c1ccc(-n2cncn2)c([N+](=O)[O-])c1)c1ccccc1. The van der Waals surface area contributed by atoms with E-state index in [2.05, 4.69) is 15.4 Å². The average molecular weight is 337 g/mol. The number of hydrogen-bond donors (Lipinski definition) is 1. The Labute approximate surface area is 143 Å². The summed E-state index contributed by atoms with van der Waals surface area (Å²) in [6, 6.07) is 13.5. The van der Waals surface area contributed by atoms with Crippen molar-refractivity contribution in [2.45, 2.75) is 13.0 Å². The molecule has 0 bridgehead atoms. The van der Waals surface area contributed by atoms with Gasteiger partial charge < -0.3 is 5.32 Å². The first-order chi connectivity index (χ1) is 12.1. The number of nitrogens with one attached hydrogen (secondary N) is 1. The Balaban J connectivity index is 1.86. The van der Waals surface area contributed by atoms with Crippen LogP contribution in [0.4, 0.5) is 5.69 Å². The van der Waals surface area contributed by atoms with Crippen molar-refractivity contribution < 1.29 is 9.72 Å². The lowest BCUT2D eigenvalue weighted by Gasteiger charge is -2.14. The molecule has 0 spiro atoms. The highest BCUT2D eigenvalue weighted by Crippen LogP contribution is 2.24. The van der Waals surface area contributed by atoms with Gasteiger partial charge in [-0.05, 0) is 24.6 Å². The summed E-state index contributed by atoms with van der Waals surface area (Å²) in [7, 11) is 0. The van der Waals surface area contributed by atoms with E-state index >= 15 is 0 Å². The lowest BCUT2D eigenvalue weighted by atomic mass is 10.1. The molecule has 0 aliphatic carbocycles. The Hall–Kier alpha value is -3.55. The van der Waals surface area contributed by atoms with Crippen molar-refractivity contribution in [3.8, 4) is 5.69 Å². The molecule has 0 saturated carbocycles. The summed E-state index contributed by atoms with van der Waals surface area (Å²) in [5.41, 5.74) is 1.18. The van der Waals surface area contributed by atoms with Crippen LogP contribution in [0, 0.1) is 10.1 Å². The first kappa shape index (κ1) is 16.3. The standard InChI is InChI=1S/C17H15N5O3/c1-12(13-5-3-2-4-6-13)20-17(23)14-7-8-15(16(9-14)22(24)25)21-11-18-10-19-21/h2-12H,1H3,(H,20,23). The lowest BCUT2D eigenvalue weighted by Crippen LogP contribution is -2.26. The smallest absolute Gasteiger partial charge is 0.295 e. The fraction of sp³-hybridized carbons (Fsp3) is 0.118. The van der Waals surface area contributed by atoms with Gasteiger partial charge in [-0.3, -0.25) is 14.9 Å². The van der Waals surface area contributed by atoms with E-state index in [1.807, 2.05) is 37.3 Å². The van der Waals surface area contributed by atoms with Crippen molar-refractivity contribution in [3.63, 3.8) is 0 Å². The Morgan fingerprint density at radius 1 is 1.24 bits per heavy atom. The summed E-state index contributed by atoms with van der Waals surface area (Å²) < 4.78 is 1.28. The Bertz CT molecular complexity index is 894. The summed E-state index contributed by atoms with van der Waals surface area (Å²) in [5.74, 6) is -0.385. The predicted octanol–water partition coefficient (Wildman–Crippen LogP) is 2.67. The highest BCUT2D eigenvalue weighted by atomic mass is 16.6. The molecule has 126 valence electrons. The van der Waals surface area contributed by atoms with Gasteiger partial charge in [-0.15, -0.1) is 0 Å². The summed E-state index contributed by atoms with van der Waals surface area (Å²) >= 11 is 0. The molecule has 0 radical (unpaired) electrons. The van der Waals surface area contributed by atoms with Gasteiger partial charge in [0.25, 0.3) is 11.6 Å². The highest BCUT2D eigenvalue weighted by molar-refractivity contribution is 5.95. The first-order valence-electron chi connectivity index (χ1n) is 7.55. The van der Waals surface area contributed by atoms with Crippen molar-refractivity contribution in [1.29, 1.82) is 0 Å². The van der Waals surface area contributed by atoms with Gasteiger partial charge in [0, 0.05) is 11.6 Å². The molecule has 8 heteroatoms. The zero-order valence-electron chi connectivity index (χ0n) is 13.4. The molecule has 1 atom stereocenters. The fourth-order valence-electron chi connectivity index (χ4n) is 2.44. The third-order valence-electron chi connectivity index (χ3n) is 3.75. The number of nitro groups is 1. The van der Waals surface area contributed by atoms with Crippen LogP contribution in [-0.4, -0.2) is 25.6 Å². The molecular formula is C17H15N5O3. The second-order valence-corrected chi connectivity index (χ2v) is 5.41. The molecule has 0 saturated heterocycles. The minimum Gasteiger partial charge on any atom is -0.346 e. The maximum atomic E-state index is 12.4. The van der Waals surface area contributed by atoms with Gasteiger partial charge >= 0.3 is 0 Å². The summed E-state index contributed by atoms with van der Waals surface area (Å²) in [5, 5.41) is 18.1. The molecule has 3 aromatic rings. The van der Waals surface area contributed by atoms with Gasteiger partial charge in [0.1, 0.15) is 18.3 Å². The number of nitrogens with zero attached hydrogens (tertiary/aromatic N) is 4. The minimum atomic E-state index is -0.547.